The maximum Gasteiger partial charge on any atom is 0.226 e. The second-order valence-corrected chi connectivity index (χ2v) is 15.9. The number of nitrogens with one attached hydrogen (secondary N) is 3. The van der Waals surface area contributed by atoms with Crippen molar-refractivity contribution in [3.63, 3.8) is 0 Å². The largest absolute Gasteiger partial charge is 0.379 e. The maximum absolute atomic E-state index is 13.3. The second-order valence-electron chi connectivity index (χ2n) is 15.9. The van der Waals surface area contributed by atoms with E-state index >= 15 is 0 Å². The fourth-order valence-corrected chi connectivity index (χ4v) is 5.97. The van der Waals surface area contributed by atoms with Crippen LogP contribution < -0.4 is 16.0 Å². The van der Waals surface area contributed by atoms with Gasteiger partial charge in [0.1, 0.15) is 0 Å². The molecule has 354 valence electrons. The Bertz CT molecular complexity index is 904. The molecule has 3 N–H and O–H groups in total. The summed E-state index contributed by atoms with van der Waals surface area (Å²) in [4.78, 5) is 51.3. The Kier molecular flexibility index (Phi) is 37.1. The number of nitrogens with zero attached hydrogens (tertiary/aromatic N) is 6. The van der Waals surface area contributed by atoms with Crippen molar-refractivity contribution >= 4 is 17.7 Å². The molecule has 0 radical (unpaired) electrons. The van der Waals surface area contributed by atoms with Crippen LogP contribution >= 0.6 is 0 Å². The Morgan fingerprint density at radius 2 is 0.600 bits per heavy atom. The van der Waals surface area contributed by atoms with E-state index in [0.29, 0.717) is 79.1 Å². The molecule has 1 rings (SSSR count). The van der Waals surface area contributed by atoms with Gasteiger partial charge in [-0.05, 0) is 120 Å². The third-order valence-electron chi connectivity index (χ3n) is 9.35. The van der Waals surface area contributed by atoms with Crippen molar-refractivity contribution in [1.29, 1.82) is 0 Å². The third kappa shape index (κ3) is 34.5. The summed E-state index contributed by atoms with van der Waals surface area (Å²) in [6.45, 7) is 14.7. The van der Waals surface area contributed by atoms with Gasteiger partial charge in [-0.15, -0.1) is 0 Å². The monoisotopic (exact) mass is 862 g/mol. The molecule has 1 fully saturated rings. The van der Waals surface area contributed by atoms with Crippen LogP contribution in [-0.4, -0.2) is 248 Å². The van der Waals surface area contributed by atoms with Gasteiger partial charge in [0.05, 0.1) is 59.6 Å². The summed E-state index contributed by atoms with van der Waals surface area (Å²) in [7, 11) is 12.3. The summed E-state index contributed by atoms with van der Waals surface area (Å²) in [5.74, 6) is -0.307. The van der Waals surface area contributed by atoms with E-state index in [1.807, 2.05) is 0 Å². The van der Waals surface area contributed by atoms with Crippen LogP contribution in [0, 0.1) is 0 Å². The summed E-state index contributed by atoms with van der Waals surface area (Å²) in [6, 6.07) is 0. The molecule has 0 bridgehead atoms. The number of rotatable bonds is 42. The van der Waals surface area contributed by atoms with E-state index in [4.69, 9.17) is 28.4 Å². The van der Waals surface area contributed by atoms with E-state index in [0.717, 1.165) is 97.6 Å². The number of amides is 3. The summed E-state index contributed by atoms with van der Waals surface area (Å²) in [5, 5.41) is 9.95. The summed E-state index contributed by atoms with van der Waals surface area (Å²) in [6.07, 6.45) is 6.28. The molecule has 1 saturated heterocycles. The normalized spacial score (nSPS) is 13.4. The van der Waals surface area contributed by atoms with Crippen molar-refractivity contribution in [3.8, 4) is 0 Å². The fraction of sp³-hybridized carbons (Fsp3) is 0.929. The number of ether oxygens (including phenoxy) is 6. The number of hydrogen-bond acceptors (Lipinski definition) is 15. The zero-order valence-corrected chi connectivity index (χ0v) is 38.7. The molecule has 0 saturated carbocycles. The lowest BCUT2D eigenvalue weighted by molar-refractivity contribution is -0.158. The van der Waals surface area contributed by atoms with E-state index in [1.54, 1.807) is 14.7 Å². The molecule has 0 aromatic heterocycles. The van der Waals surface area contributed by atoms with Crippen LogP contribution in [0.3, 0.4) is 0 Å². The van der Waals surface area contributed by atoms with Gasteiger partial charge in [0.25, 0.3) is 0 Å². The maximum atomic E-state index is 13.3. The molecule has 0 unspecified atom stereocenters. The van der Waals surface area contributed by atoms with Gasteiger partial charge in [-0.3, -0.25) is 14.4 Å². The zero-order valence-electron chi connectivity index (χ0n) is 38.7. The van der Waals surface area contributed by atoms with Crippen molar-refractivity contribution in [1.82, 2.24) is 45.3 Å². The van der Waals surface area contributed by atoms with Crippen molar-refractivity contribution < 1.29 is 42.8 Å². The molecular formula is C42H87N9O9. The van der Waals surface area contributed by atoms with Gasteiger partial charge in [-0.1, -0.05) is 0 Å². The van der Waals surface area contributed by atoms with E-state index in [9.17, 15) is 14.4 Å². The van der Waals surface area contributed by atoms with Gasteiger partial charge < -0.3 is 73.8 Å². The molecule has 0 atom stereocenters. The summed E-state index contributed by atoms with van der Waals surface area (Å²) >= 11 is 0. The second kappa shape index (κ2) is 39.8. The highest BCUT2D eigenvalue weighted by molar-refractivity contribution is 5.82. The van der Waals surface area contributed by atoms with Gasteiger partial charge in [0, 0.05) is 78.5 Å². The Morgan fingerprint density at radius 1 is 0.367 bits per heavy atom. The zero-order chi connectivity index (χ0) is 43.9. The van der Waals surface area contributed by atoms with Gasteiger partial charge in [-0.25, -0.2) is 0 Å². The van der Waals surface area contributed by atoms with Crippen LogP contribution in [0.1, 0.15) is 57.8 Å². The summed E-state index contributed by atoms with van der Waals surface area (Å²) in [5.41, 5.74) is 0. The molecular weight excluding hydrogens is 775 g/mol. The van der Waals surface area contributed by atoms with Gasteiger partial charge in [-0.2, -0.15) is 0 Å². The predicted octanol–water partition coefficient (Wildman–Crippen LogP) is 0.422. The number of carbonyl (C=O) groups excluding carboxylic acids is 3. The van der Waals surface area contributed by atoms with Crippen LogP contribution in [0.15, 0.2) is 0 Å². The van der Waals surface area contributed by atoms with Gasteiger partial charge >= 0.3 is 0 Å². The lowest BCUT2D eigenvalue weighted by Crippen LogP contribution is -2.60. The number of carbonyl (C=O) groups is 3. The molecule has 18 nitrogen and oxygen atoms in total. The molecule has 18 heteroatoms. The highest BCUT2D eigenvalue weighted by Crippen LogP contribution is 2.12. The molecule has 3 amide bonds. The first-order chi connectivity index (χ1) is 29.1. The SMILES string of the molecule is CN(C)CCCOCCOCCCNCCC(=O)N1CN(C(=O)CCNCCCOCCOCCCN(C)C)CN(C(=O)CCNCCCOCCOCCCN(C)C)C1. The van der Waals surface area contributed by atoms with Crippen molar-refractivity contribution in [2.24, 2.45) is 0 Å². The Morgan fingerprint density at radius 3 is 0.833 bits per heavy atom. The topological polar surface area (TPSA) is 162 Å². The predicted molar refractivity (Wildman–Crippen MR) is 236 cm³/mol. The van der Waals surface area contributed by atoms with Crippen molar-refractivity contribution in [2.45, 2.75) is 57.8 Å². The summed E-state index contributed by atoms with van der Waals surface area (Å²) < 4.78 is 33.8. The fourth-order valence-electron chi connectivity index (χ4n) is 5.97. The average molecular weight is 862 g/mol. The standard InChI is InChI=1S/C42H87N9O9/c1-46(2)22-10-28-58-34-31-55-25-7-16-43-19-13-40(52)49-37-50(41(53)14-20-44-17-8-26-56-32-35-59-29-11-23-47(3)4)39-51(38-49)42(54)15-21-45-18-9-27-57-33-36-60-30-12-24-48(5)6/h43-45H,7-39H2,1-6H3. The van der Waals surface area contributed by atoms with Crippen LogP contribution in [-0.2, 0) is 42.8 Å². The van der Waals surface area contributed by atoms with Crippen molar-refractivity contribution in [3.05, 3.63) is 0 Å². The average Bonchev–Trinajstić information content (AvgIpc) is 3.22. The Balaban J connectivity index is 2.40. The lowest BCUT2D eigenvalue weighted by atomic mass is 10.3. The smallest absolute Gasteiger partial charge is 0.226 e. The molecule has 1 aliphatic rings. The van der Waals surface area contributed by atoms with Crippen LogP contribution in [0.25, 0.3) is 0 Å². The first kappa shape index (κ1) is 55.9. The minimum absolute atomic E-state index is 0.102. The minimum Gasteiger partial charge on any atom is -0.379 e. The molecule has 1 heterocycles. The third-order valence-corrected chi connectivity index (χ3v) is 9.35. The van der Waals surface area contributed by atoms with Gasteiger partial charge in [0.15, 0.2) is 0 Å². The number of hydrogen-bond donors (Lipinski definition) is 3. The van der Waals surface area contributed by atoms with Crippen LogP contribution in [0.2, 0.25) is 0 Å². The van der Waals surface area contributed by atoms with E-state index in [2.05, 4.69) is 72.9 Å². The molecule has 1 aliphatic heterocycles. The highest BCUT2D eigenvalue weighted by Gasteiger charge is 2.31. The minimum atomic E-state index is -0.102. The van der Waals surface area contributed by atoms with Crippen LogP contribution in [0.4, 0.5) is 0 Å². The van der Waals surface area contributed by atoms with Crippen LogP contribution in [0.5, 0.6) is 0 Å². The van der Waals surface area contributed by atoms with E-state index in [-0.39, 0.29) is 57.0 Å². The Labute approximate surface area is 363 Å². The molecule has 0 aromatic rings. The first-order valence-corrected chi connectivity index (χ1v) is 22.5. The molecule has 0 aromatic carbocycles. The highest BCUT2D eigenvalue weighted by atomic mass is 16.5. The Hall–Kier alpha value is -2.07. The lowest BCUT2D eigenvalue weighted by Gasteiger charge is -2.42. The van der Waals surface area contributed by atoms with E-state index < -0.39 is 0 Å². The van der Waals surface area contributed by atoms with Crippen molar-refractivity contribution in [2.75, 3.05) is 200 Å². The molecule has 0 spiro atoms. The molecule has 60 heavy (non-hydrogen) atoms. The quantitative estimate of drug-likeness (QED) is 0.0725. The van der Waals surface area contributed by atoms with Gasteiger partial charge in [0.2, 0.25) is 17.7 Å². The first-order valence-electron chi connectivity index (χ1n) is 22.5. The molecule has 0 aliphatic carbocycles. The van der Waals surface area contributed by atoms with E-state index in [1.165, 1.54) is 0 Å².